The van der Waals surface area contributed by atoms with Gasteiger partial charge in [0, 0.05) is 18.6 Å². The molecule has 21 heavy (non-hydrogen) atoms. The first kappa shape index (κ1) is 16.3. The fraction of sp³-hybridized carbons (Fsp3) is 0.667. The van der Waals surface area contributed by atoms with Crippen molar-refractivity contribution in [3.05, 3.63) is 29.8 Å². The van der Waals surface area contributed by atoms with E-state index in [0.717, 1.165) is 24.3 Å². The molecule has 1 aromatic carbocycles. The highest BCUT2D eigenvalue weighted by Crippen LogP contribution is 2.29. The van der Waals surface area contributed by atoms with E-state index >= 15 is 0 Å². The lowest BCUT2D eigenvalue weighted by atomic mass is 10.1. The molecule has 2 rings (SSSR count). The van der Waals surface area contributed by atoms with Crippen LogP contribution in [0.15, 0.2) is 24.3 Å². The van der Waals surface area contributed by atoms with Crippen molar-refractivity contribution in [1.29, 1.82) is 0 Å². The summed E-state index contributed by atoms with van der Waals surface area (Å²) in [6.45, 7) is 6.94. The summed E-state index contributed by atoms with van der Waals surface area (Å²) in [6.07, 6.45) is 4.03. The van der Waals surface area contributed by atoms with Crippen molar-refractivity contribution in [2.24, 2.45) is 5.92 Å². The Morgan fingerprint density at radius 1 is 1.24 bits per heavy atom. The third-order valence-electron chi connectivity index (χ3n) is 4.34. The molecule has 1 saturated carbocycles. The van der Waals surface area contributed by atoms with E-state index in [-0.39, 0.29) is 0 Å². The first-order chi connectivity index (χ1) is 10.1. The number of hydrogen-bond acceptors (Lipinski definition) is 3. The first-order valence-electron chi connectivity index (χ1n) is 8.19. The van der Waals surface area contributed by atoms with Crippen LogP contribution in [0.25, 0.3) is 0 Å². The van der Waals surface area contributed by atoms with E-state index in [9.17, 15) is 0 Å². The molecule has 0 bridgehead atoms. The second-order valence-electron chi connectivity index (χ2n) is 6.52. The van der Waals surface area contributed by atoms with Crippen LogP contribution in [-0.4, -0.2) is 38.2 Å². The molecule has 0 spiro atoms. The molecule has 0 heterocycles. The smallest absolute Gasteiger partial charge is 0.118 e. The van der Waals surface area contributed by atoms with E-state index in [4.69, 9.17) is 4.74 Å². The summed E-state index contributed by atoms with van der Waals surface area (Å²) in [7, 11) is 3.77. The molecule has 118 valence electrons. The lowest BCUT2D eigenvalue weighted by molar-refractivity contribution is 0.224. The maximum atomic E-state index is 5.25. The van der Waals surface area contributed by atoms with Gasteiger partial charge in [0.1, 0.15) is 5.75 Å². The molecule has 3 heteroatoms. The zero-order chi connectivity index (χ0) is 15.2. The van der Waals surface area contributed by atoms with Gasteiger partial charge >= 0.3 is 0 Å². The fourth-order valence-electron chi connectivity index (χ4n) is 2.72. The Kier molecular flexibility index (Phi) is 6.07. The highest BCUT2D eigenvalue weighted by atomic mass is 16.5. The van der Waals surface area contributed by atoms with Crippen LogP contribution in [0.5, 0.6) is 5.75 Å². The van der Waals surface area contributed by atoms with E-state index in [1.165, 1.54) is 31.4 Å². The molecule has 1 aromatic rings. The van der Waals surface area contributed by atoms with Gasteiger partial charge in [-0.25, -0.2) is 0 Å². The number of nitrogens with zero attached hydrogens (tertiary/aromatic N) is 1. The maximum Gasteiger partial charge on any atom is 0.118 e. The number of likely N-dealkylation sites (N-methyl/N-ethyl adjacent to an activating group) is 1. The number of methoxy groups -OCH3 is 1. The SMILES string of the molecule is CNC(CN(CCC(C)C)C1CC1)c1ccc(OC)cc1. The van der Waals surface area contributed by atoms with Gasteiger partial charge in [-0.2, -0.15) is 0 Å². The second-order valence-corrected chi connectivity index (χ2v) is 6.52. The minimum atomic E-state index is 0.392. The van der Waals surface area contributed by atoms with Gasteiger partial charge in [0.2, 0.25) is 0 Å². The van der Waals surface area contributed by atoms with Crippen LogP contribution in [0.2, 0.25) is 0 Å². The van der Waals surface area contributed by atoms with Gasteiger partial charge in [-0.3, -0.25) is 4.90 Å². The van der Waals surface area contributed by atoms with E-state index in [0.29, 0.717) is 6.04 Å². The number of hydrogen-bond donors (Lipinski definition) is 1. The lowest BCUT2D eigenvalue weighted by Crippen LogP contribution is -2.36. The Morgan fingerprint density at radius 2 is 1.90 bits per heavy atom. The Bertz CT molecular complexity index is 412. The lowest BCUT2D eigenvalue weighted by Gasteiger charge is -2.28. The third-order valence-corrected chi connectivity index (χ3v) is 4.34. The standard InChI is InChI=1S/C18H30N2O/c1-14(2)11-12-20(16-7-8-16)13-18(19-3)15-5-9-17(21-4)10-6-15/h5-6,9-10,14,16,18-19H,7-8,11-13H2,1-4H3. The molecule has 1 aliphatic rings. The quantitative estimate of drug-likeness (QED) is 0.753. The van der Waals surface area contributed by atoms with Crippen LogP contribution in [0.4, 0.5) is 0 Å². The summed E-state index contributed by atoms with van der Waals surface area (Å²) in [4.78, 5) is 2.67. The Hall–Kier alpha value is -1.06. The molecular formula is C18H30N2O. The zero-order valence-corrected chi connectivity index (χ0v) is 13.9. The summed E-state index contributed by atoms with van der Waals surface area (Å²) < 4.78 is 5.25. The van der Waals surface area contributed by atoms with Crippen molar-refractivity contribution in [2.75, 3.05) is 27.2 Å². The van der Waals surface area contributed by atoms with Crippen LogP contribution < -0.4 is 10.1 Å². The molecule has 0 amide bonds. The van der Waals surface area contributed by atoms with Gasteiger partial charge < -0.3 is 10.1 Å². The largest absolute Gasteiger partial charge is 0.497 e. The van der Waals surface area contributed by atoms with E-state index in [2.05, 4.69) is 55.4 Å². The van der Waals surface area contributed by atoms with Crippen molar-refractivity contribution < 1.29 is 4.74 Å². The number of benzene rings is 1. The van der Waals surface area contributed by atoms with Crippen LogP contribution in [-0.2, 0) is 0 Å². The fourth-order valence-corrected chi connectivity index (χ4v) is 2.72. The molecule has 1 N–H and O–H groups in total. The Morgan fingerprint density at radius 3 is 2.38 bits per heavy atom. The van der Waals surface area contributed by atoms with Crippen molar-refractivity contribution in [3.8, 4) is 5.75 Å². The maximum absolute atomic E-state index is 5.25. The van der Waals surface area contributed by atoms with Crippen molar-refractivity contribution in [2.45, 2.75) is 45.2 Å². The topological polar surface area (TPSA) is 24.5 Å². The molecule has 0 radical (unpaired) electrons. The van der Waals surface area contributed by atoms with Crippen LogP contribution in [0.3, 0.4) is 0 Å². The average molecular weight is 290 g/mol. The van der Waals surface area contributed by atoms with Gasteiger partial charge in [0.15, 0.2) is 0 Å². The molecule has 0 aliphatic heterocycles. The molecule has 3 nitrogen and oxygen atoms in total. The summed E-state index contributed by atoms with van der Waals surface area (Å²) in [5.41, 5.74) is 1.34. The minimum absolute atomic E-state index is 0.392. The molecule has 1 aliphatic carbocycles. The second kappa shape index (κ2) is 7.81. The van der Waals surface area contributed by atoms with Crippen LogP contribution in [0, 0.1) is 5.92 Å². The molecule has 1 atom stereocenters. The van der Waals surface area contributed by atoms with Crippen molar-refractivity contribution in [3.63, 3.8) is 0 Å². The van der Waals surface area contributed by atoms with Gasteiger partial charge in [-0.15, -0.1) is 0 Å². The average Bonchev–Trinajstić information content (AvgIpc) is 3.32. The monoisotopic (exact) mass is 290 g/mol. The molecule has 0 saturated heterocycles. The predicted molar refractivity (Wildman–Crippen MR) is 88.8 cm³/mol. The van der Waals surface area contributed by atoms with Crippen LogP contribution in [0.1, 0.15) is 44.7 Å². The van der Waals surface area contributed by atoms with Crippen LogP contribution >= 0.6 is 0 Å². The zero-order valence-electron chi connectivity index (χ0n) is 13.9. The highest BCUT2D eigenvalue weighted by Gasteiger charge is 2.30. The summed E-state index contributed by atoms with van der Waals surface area (Å²) in [5.74, 6) is 1.70. The van der Waals surface area contributed by atoms with Gasteiger partial charge in [-0.05, 0) is 56.5 Å². The Balaban J connectivity index is 1.97. The number of rotatable bonds is 9. The molecule has 1 fully saturated rings. The van der Waals surface area contributed by atoms with E-state index in [1.54, 1.807) is 7.11 Å². The Labute approximate surface area is 129 Å². The summed E-state index contributed by atoms with van der Waals surface area (Å²) in [5, 5.41) is 3.47. The normalized spacial score (nSPS) is 16.5. The highest BCUT2D eigenvalue weighted by molar-refractivity contribution is 5.29. The summed E-state index contributed by atoms with van der Waals surface area (Å²) >= 11 is 0. The molecular weight excluding hydrogens is 260 g/mol. The number of nitrogens with one attached hydrogen (secondary N) is 1. The van der Waals surface area contributed by atoms with Gasteiger partial charge in [0.25, 0.3) is 0 Å². The molecule has 0 aromatic heterocycles. The third kappa shape index (κ3) is 5.01. The molecule has 1 unspecified atom stereocenters. The van der Waals surface area contributed by atoms with Crippen molar-refractivity contribution in [1.82, 2.24) is 10.2 Å². The summed E-state index contributed by atoms with van der Waals surface area (Å²) in [6, 6.07) is 9.66. The minimum Gasteiger partial charge on any atom is -0.497 e. The van der Waals surface area contributed by atoms with Gasteiger partial charge in [0.05, 0.1) is 7.11 Å². The van der Waals surface area contributed by atoms with E-state index < -0.39 is 0 Å². The number of ether oxygens (including phenoxy) is 1. The predicted octanol–water partition coefficient (Wildman–Crippen LogP) is 3.47. The first-order valence-corrected chi connectivity index (χ1v) is 8.19. The van der Waals surface area contributed by atoms with Gasteiger partial charge in [-0.1, -0.05) is 26.0 Å². The van der Waals surface area contributed by atoms with E-state index in [1.807, 2.05) is 0 Å². The van der Waals surface area contributed by atoms with Crippen molar-refractivity contribution >= 4 is 0 Å².